The van der Waals surface area contributed by atoms with E-state index in [-0.39, 0.29) is 6.54 Å². The van der Waals surface area contributed by atoms with E-state index in [0.29, 0.717) is 23.9 Å². The van der Waals surface area contributed by atoms with E-state index in [1.165, 1.54) is 6.33 Å². The molecule has 1 aromatic heterocycles. The van der Waals surface area contributed by atoms with E-state index in [1.54, 1.807) is 12.0 Å². The van der Waals surface area contributed by atoms with Crippen LogP contribution in [0.15, 0.2) is 6.33 Å². The van der Waals surface area contributed by atoms with E-state index in [2.05, 4.69) is 22.2 Å². The Morgan fingerprint density at radius 2 is 2.21 bits per heavy atom. The van der Waals surface area contributed by atoms with Gasteiger partial charge in [-0.2, -0.15) is 0 Å². The number of aromatic nitrogens is 2. The second-order valence-electron chi connectivity index (χ2n) is 3.99. The number of nitrogens with one attached hydrogen (secondary N) is 1. The monoisotopic (exact) mass is 267 g/mol. The average Bonchev–Trinajstić information content (AvgIpc) is 2.41. The van der Waals surface area contributed by atoms with Crippen LogP contribution in [0.2, 0.25) is 0 Å². The number of carbonyl (C=O) groups excluding carboxylic acids is 1. The summed E-state index contributed by atoms with van der Waals surface area (Å²) in [5, 5.41) is 3.17. The first kappa shape index (κ1) is 15.0. The molecule has 7 nitrogen and oxygen atoms in total. The summed E-state index contributed by atoms with van der Waals surface area (Å²) in [4.78, 5) is 21.2. The van der Waals surface area contributed by atoms with Crippen LogP contribution >= 0.6 is 0 Å². The zero-order chi connectivity index (χ0) is 14.3. The number of primary amides is 1. The zero-order valence-electron chi connectivity index (χ0n) is 11.6. The van der Waals surface area contributed by atoms with Crippen molar-refractivity contribution >= 4 is 17.5 Å². The van der Waals surface area contributed by atoms with Gasteiger partial charge in [-0.3, -0.25) is 4.79 Å². The molecule has 0 aliphatic heterocycles. The van der Waals surface area contributed by atoms with Crippen LogP contribution in [-0.4, -0.2) is 42.6 Å². The number of hydrogen-bond acceptors (Lipinski definition) is 6. The molecule has 0 aliphatic rings. The summed E-state index contributed by atoms with van der Waals surface area (Å²) in [6.07, 6.45) is 2.42. The number of nitrogens with two attached hydrogens (primary N) is 1. The fourth-order valence-electron chi connectivity index (χ4n) is 1.67. The summed E-state index contributed by atoms with van der Waals surface area (Å²) >= 11 is 0. The van der Waals surface area contributed by atoms with Crippen molar-refractivity contribution in [1.29, 1.82) is 0 Å². The Kier molecular flexibility index (Phi) is 5.84. The molecule has 1 rings (SSSR count). The lowest BCUT2D eigenvalue weighted by Gasteiger charge is -2.23. The number of methoxy groups -OCH3 is 1. The molecule has 3 N–H and O–H groups in total. The van der Waals surface area contributed by atoms with Gasteiger partial charge in [0.1, 0.15) is 6.33 Å². The van der Waals surface area contributed by atoms with Crippen LogP contribution in [0.25, 0.3) is 0 Å². The van der Waals surface area contributed by atoms with Crippen molar-refractivity contribution < 1.29 is 9.53 Å². The van der Waals surface area contributed by atoms with Crippen LogP contribution < -0.4 is 20.7 Å². The van der Waals surface area contributed by atoms with Gasteiger partial charge in [0, 0.05) is 13.1 Å². The third-order valence-electron chi connectivity index (χ3n) is 2.56. The molecule has 7 heteroatoms. The molecule has 0 spiro atoms. The number of likely N-dealkylation sites (N-methyl/N-ethyl adjacent to an activating group) is 1. The first-order valence-corrected chi connectivity index (χ1v) is 6.30. The van der Waals surface area contributed by atoms with Gasteiger partial charge < -0.3 is 20.7 Å². The lowest BCUT2D eigenvalue weighted by molar-refractivity contribution is -0.116. The minimum Gasteiger partial charge on any atom is -0.490 e. The topological polar surface area (TPSA) is 93.4 Å². The molecule has 0 aliphatic carbocycles. The average molecular weight is 267 g/mol. The van der Waals surface area contributed by atoms with Crippen molar-refractivity contribution in [1.82, 2.24) is 9.97 Å². The molecule has 0 atom stereocenters. The second kappa shape index (κ2) is 7.40. The third-order valence-corrected chi connectivity index (χ3v) is 2.56. The highest BCUT2D eigenvalue weighted by Gasteiger charge is 2.18. The van der Waals surface area contributed by atoms with Crippen LogP contribution in [0.3, 0.4) is 0 Å². The van der Waals surface area contributed by atoms with Gasteiger partial charge in [-0.25, -0.2) is 9.97 Å². The molecular weight excluding hydrogens is 246 g/mol. The highest BCUT2D eigenvalue weighted by molar-refractivity contribution is 5.80. The Balaban J connectivity index is 3.07. The molecule has 0 aromatic carbocycles. The smallest absolute Gasteiger partial charge is 0.237 e. The standard InChI is InChI=1S/C12H21N5O2/c1-4-6-14-11-10(19-3)12(16-8-15-11)17(5-2)7-9(13)18/h8H,4-7H2,1-3H3,(H2,13,18)(H,14,15,16). The Morgan fingerprint density at radius 3 is 2.74 bits per heavy atom. The Hall–Kier alpha value is -2.05. The van der Waals surface area contributed by atoms with Crippen molar-refractivity contribution in [2.45, 2.75) is 20.3 Å². The molecule has 0 saturated carbocycles. The molecule has 0 saturated heterocycles. The maximum Gasteiger partial charge on any atom is 0.237 e. The van der Waals surface area contributed by atoms with Crippen LogP contribution in [0.5, 0.6) is 5.75 Å². The third kappa shape index (κ3) is 3.97. The molecular formula is C12H21N5O2. The second-order valence-corrected chi connectivity index (χ2v) is 3.99. The van der Waals surface area contributed by atoms with Gasteiger partial charge in [-0.1, -0.05) is 6.92 Å². The van der Waals surface area contributed by atoms with Crippen molar-refractivity contribution in [3.63, 3.8) is 0 Å². The molecule has 0 bridgehead atoms. The first-order valence-electron chi connectivity index (χ1n) is 6.30. The van der Waals surface area contributed by atoms with Gasteiger partial charge in [-0.15, -0.1) is 0 Å². The predicted octanol–water partition coefficient (Wildman–Crippen LogP) is 0.619. The Morgan fingerprint density at radius 1 is 1.47 bits per heavy atom. The zero-order valence-corrected chi connectivity index (χ0v) is 11.6. The number of nitrogens with zero attached hydrogens (tertiary/aromatic N) is 3. The number of carbonyl (C=O) groups is 1. The van der Waals surface area contributed by atoms with E-state index >= 15 is 0 Å². The first-order chi connectivity index (χ1) is 9.13. The van der Waals surface area contributed by atoms with E-state index in [0.717, 1.165) is 13.0 Å². The van der Waals surface area contributed by atoms with E-state index in [9.17, 15) is 4.79 Å². The molecule has 0 unspecified atom stereocenters. The molecule has 1 aromatic rings. The van der Waals surface area contributed by atoms with Crippen molar-refractivity contribution in [2.75, 3.05) is 37.0 Å². The van der Waals surface area contributed by atoms with Crippen LogP contribution in [-0.2, 0) is 4.79 Å². The summed E-state index contributed by atoms with van der Waals surface area (Å²) in [5.41, 5.74) is 5.24. The molecule has 0 fully saturated rings. The highest BCUT2D eigenvalue weighted by atomic mass is 16.5. The number of rotatable bonds is 8. The number of hydrogen-bond donors (Lipinski definition) is 2. The van der Waals surface area contributed by atoms with Gasteiger partial charge in [0.05, 0.1) is 13.7 Å². The maximum absolute atomic E-state index is 11.1. The van der Waals surface area contributed by atoms with Crippen LogP contribution in [0.4, 0.5) is 11.6 Å². The van der Waals surface area contributed by atoms with Gasteiger partial charge in [0.15, 0.2) is 11.6 Å². The fourth-order valence-corrected chi connectivity index (χ4v) is 1.67. The Bertz CT molecular complexity index is 425. The SMILES string of the molecule is CCCNc1ncnc(N(CC)CC(N)=O)c1OC. The summed E-state index contributed by atoms with van der Waals surface area (Å²) in [6, 6.07) is 0. The van der Waals surface area contributed by atoms with Crippen LogP contribution in [0.1, 0.15) is 20.3 Å². The summed E-state index contributed by atoms with van der Waals surface area (Å²) in [7, 11) is 1.55. The normalized spacial score (nSPS) is 10.1. The Labute approximate surface area is 113 Å². The van der Waals surface area contributed by atoms with Crippen molar-refractivity contribution in [3.05, 3.63) is 6.33 Å². The highest BCUT2D eigenvalue weighted by Crippen LogP contribution is 2.31. The maximum atomic E-state index is 11.1. The van der Waals surface area contributed by atoms with E-state index < -0.39 is 5.91 Å². The molecule has 0 radical (unpaired) electrons. The lowest BCUT2D eigenvalue weighted by Crippen LogP contribution is -2.34. The minimum atomic E-state index is -0.411. The fraction of sp³-hybridized carbons (Fsp3) is 0.583. The number of anilines is 2. The van der Waals surface area contributed by atoms with Crippen molar-refractivity contribution in [3.8, 4) is 5.75 Å². The molecule has 19 heavy (non-hydrogen) atoms. The van der Waals surface area contributed by atoms with E-state index in [4.69, 9.17) is 10.5 Å². The van der Waals surface area contributed by atoms with Gasteiger partial charge in [0.25, 0.3) is 0 Å². The molecule has 1 heterocycles. The summed E-state index contributed by atoms with van der Waals surface area (Å²) < 4.78 is 5.36. The van der Waals surface area contributed by atoms with Crippen molar-refractivity contribution in [2.24, 2.45) is 5.73 Å². The molecule has 106 valence electrons. The minimum absolute atomic E-state index is 0.0943. The summed E-state index contributed by atoms with van der Waals surface area (Å²) in [5.74, 6) is 1.30. The molecule has 1 amide bonds. The summed E-state index contributed by atoms with van der Waals surface area (Å²) in [6.45, 7) is 5.46. The van der Waals surface area contributed by atoms with E-state index in [1.807, 2.05) is 6.92 Å². The number of amides is 1. The van der Waals surface area contributed by atoms with Gasteiger partial charge in [0.2, 0.25) is 11.7 Å². The van der Waals surface area contributed by atoms with Crippen LogP contribution in [0, 0.1) is 0 Å². The predicted molar refractivity (Wildman–Crippen MR) is 74.4 cm³/mol. The largest absolute Gasteiger partial charge is 0.490 e. The quantitative estimate of drug-likeness (QED) is 0.717. The number of ether oxygens (including phenoxy) is 1. The lowest BCUT2D eigenvalue weighted by atomic mass is 10.3. The van der Waals surface area contributed by atoms with Gasteiger partial charge in [-0.05, 0) is 13.3 Å². The van der Waals surface area contributed by atoms with Gasteiger partial charge >= 0.3 is 0 Å².